The van der Waals surface area contributed by atoms with Gasteiger partial charge in [0, 0.05) is 10.2 Å². The van der Waals surface area contributed by atoms with Crippen LogP contribution < -0.4 is 15.4 Å². The molecule has 7 nitrogen and oxygen atoms in total. The number of primary sulfonamides is 1. The number of benzene rings is 2. The number of rotatable bonds is 5. The SMILES string of the molecule is NS(=O)(=O)c1ccc(NNS(=O)(=O)c2ccc(Br)cc2)cc1. The molecule has 22 heavy (non-hydrogen) atoms. The van der Waals surface area contributed by atoms with E-state index in [0.717, 1.165) is 4.47 Å². The second-order valence-corrected chi connectivity index (χ2v) is 8.41. The van der Waals surface area contributed by atoms with Crippen molar-refractivity contribution >= 4 is 41.7 Å². The molecule has 118 valence electrons. The Morgan fingerprint density at radius 1 is 0.818 bits per heavy atom. The summed E-state index contributed by atoms with van der Waals surface area (Å²) in [6.45, 7) is 0. The number of hydrogen-bond donors (Lipinski definition) is 3. The highest BCUT2D eigenvalue weighted by atomic mass is 79.9. The number of nitrogens with one attached hydrogen (secondary N) is 2. The minimum Gasteiger partial charge on any atom is -0.308 e. The van der Waals surface area contributed by atoms with Crippen molar-refractivity contribution in [2.24, 2.45) is 5.14 Å². The molecule has 0 atom stereocenters. The van der Waals surface area contributed by atoms with Crippen molar-refractivity contribution < 1.29 is 16.8 Å². The van der Waals surface area contributed by atoms with Gasteiger partial charge in [-0.1, -0.05) is 15.9 Å². The van der Waals surface area contributed by atoms with E-state index in [9.17, 15) is 16.8 Å². The Labute approximate surface area is 136 Å². The first kappa shape index (κ1) is 16.9. The van der Waals surface area contributed by atoms with E-state index in [2.05, 4.69) is 26.2 Å². The predicted octanol–water partition coefficient (Wildman–Crippen LogP) is 1.40. The lowest BCUT2D eigenvalue weighted by molar-refractivity contribution is 0.587. The lowest BCUT2D eigenvalue weighted by Gasteiger charge is -2.10. The number of anilines is 1. The van der Waals surface area contributed by atoms with Crippen molar-refractivity contribution in [3.05, 3.63) is 53.0 Å². The number of hydrogen-bond acceptors (Lipinski definition) is 5. The summed E-state index contributed by atoms with van der Waals surface area (Å²) in [5.74, 6) is 0. The summed E-state index contributed by atoms with van der Waals surface area (Å²) >= 11 is 3.22. The highest BCUT2D eigenvalue weighted by molar-refractivity contribution is 9.10. The molecule has 0 heterocycles. The smallest absolute Gasteiger partial charge is 0.257 e. The molecule has 0 aromatic heterocycles. The van der Waals surface area contributed by atoms with Gasteiger partial charge in [0.15, 0.2) is 0 Å². The monoisotopic (exact) mass is 405 g/mol. The predicted molar refractivity (Wildman–Crippen MR) is 85.9 cm³/mol. The van der Waals surface area contributed by atoms with Crippen LogP contribution in [0.2, 0.25) is 0 Å². The highest BCUT2D eigenvalue weighted by Crippen LogP contribution is 2.15. The summed E-state index contributed by atoms with van der Waals surface area (Å²) in [6.07, 6.45) is 0. The van der Waals surface area contributed by atoms with E-state index < -0.39 is 20.0 Å². The minimum atomic E-state index is -3.78. The maximum absolute atomic E-state index is 12.0. The van der Waals surface area contributed by atoms with Crippen LogP contribution in [0.25, 0.3) is 0 Å². The lowest BCUT2D eigenvalue weighted by Crippen LogP contribution is -2.29. The summed E-state index contributed by atoms with van der Waals surface area (Å²) < 4.78 is 47.1. The Bertz CT molecular complexity index is 864. The molecular formula is C12H12BrN3O4S2. The summed E-state index contributed by atoms with van der Waals surface area (Å²) in [7, 11) is -7.52. The maximum Gasteiger partial charge on any atom is 0.257 e. The van der Waals surface area contributed by atoms with E-state index in [-0.39, 0.29) is 9.79 Å². The quantitative estimate of drug-likeness (QED) is 0.649. The maximum atomic E-state index is 12.0. The first-order chi connectivity index (χ1) is 10.2. The first-order valence-corrected chi connectivity index (χ1v) is 9.67. The normalized spacial score (nSPS) is 12.1. The minimum absolute atomic E-state index is 0.0613. The van der Waals surface area contributed by atoms with Gasteiger partial charge in [0.1, 0.15) is 0 Å². The van der Waals surface area contributed by atoms with Gasteiger partial charge in [-0.05, 0) is 48.5 Å². The fourth-order valence-electron chi connectivity index (χ4n) is 1.53. The van der Waals surface area contributed by atoms with Crippen molar-refractivity contribution in [1.82, 2.24) is 4.83 Å². The van der Waals surface area contributed by atoms with E-state index in [1.54, 1.807) is 12.1 Å². The molecule has 0 radical (unpaired) electrons. The van der Waals surface area contributed by atoms with Gasteiger partial charge in [0.05, 0.1) is 9.79 Å². The Hall–Kier alpha value is -1.46. The number of nitrogens with two attached hydrogens (primary N) is 1. The zero-order valence-electron chi connectivity index (χ0n) is 11.0. The van der Waals surface area contributed by atoms with Crippen molar-refractivity contribution in [1.29, 1.82) is 0 Å². The third kappa shape index (κ3) is 4.27. The van der Waals surface area contributed by atoms with E-state index in [1.165, 1.54) is 36.4 Å². The Balaban J connectivity index is 2.10. The van der Waals surface area contributed by atoms with Gasteiger partial charge in [0.2, 0.25) is 10.0 Å². The third-order valence-corrected chi connectivity index (χ3v) is 5.36. The molecule has 2 aromatic carbocycles. The average molecular weight is 406 g/mol. The fourth-order valence-corrected chi connectivity index (χ4v) is 3.17. The summed E-state index contributed by atoms with van der Waals surface area (Å²) in [6, 6.07) is 11.4. The van der Waals surface area contributed by atoms with Crippen molar-refractivity contribution in [3.8, 4) is 0 Å². The average Bonchev–Trinajstić information content (AvgIpc) is 2.45. The summed E-state index contributed by atoms with van der Waals surface area (Å²) in [5, 5.41) is 4.97. The molecule has 0 saturated carbocycles. The fraction of sp³-hybridized carbons (Fsp3) is 0. The van der Waals surface area contributed by atoms with Gasteiger partial charge >= 0.3 is 0 Å². The largest absolute Gasteiger partial charge is 0.308 e. The van der Waals surface area contributed by atoms with E-state index in [1.807, 2.05) is 0 Å². The molecule has 0 aliphatic rings. The number of hydrazine groups is 1. The van der Waals surface area contributed by atoms with Gasteiger partial charge in [-0.25, -0.2) is 22.0 Å². The molecule has 0 spiro atoms. The molecule has 0 unspecified atom stereocenters. The summed E-state index contributed by atoms with van der Waals surface area (Å²) in [4.78, 5) is 2.22. The van der Waals surface area contributed by atoms with E-state index in [4.69, 9.17) is 5.14 Å². The number of sulfonamides is 2. The van der Waals surface area contributed by atoms with Crippen LogP contribution in [0.4, 0.5) is 5.69 Å². The van der Waals surface area contributed by atoms with Gasteiger partial charge in [-0.2, -0.15) is 0 Å². The lowest BCUT2D eigenvalue weighted by atomic mass is 10.3. The zero-order valence-corrected chi connectivity index (χ0v) is 14.2. The van der Waals surface area contributed by atoms with Gasteiger partial charge in [-0.15, -0.1) is 4.83 Å². The van der Waals surface area contributed by atoms with E-state index >= 15 is 0 Å². The molecule has 0 fully saturated rings. The highest BCUT2D eigenvalue weighted by Gasteiger charge is 2.13. The second kappa shape index (κ2) is 6.34. The molecule has 4 N–H and O–H groups in total. The van der Waals surface area contributed by atoms with Crippen LogP contribution in [-0.2, 0) is 20.0 Å². The molecule has 0 aliphatic heterocycles. The van der Waals surface area contributed by atoms with Crippen LogP contribution in [0.1, 0.15) is 0 Å². The molecular weight excluding hydrogens is 394 g/mol. The van der Waals surface area contributed by atoms with Gasteiger partial charge in [0.25, 0.3) is 10.0 Å². The van der Waals surface area contributed by atoms with Crippen LogP contribution in [-0.4, -0.2) is 16.8 Å². The Morgan fingerprint density at radius 2 is 1.32 bits per heavy atom. The Morgan fingerprint density at radius 3 is 1.82 bits per heavy atom. The molecule has 0 bridgehead atoms. The van der Waals surface area contributed by atoms with Crippen molar-refractivity contribution in [2.45, 2.75) is 9.79 Å². The molecule has 0 saturated heterocycles. The Kier molecular flexibility index (Phi) is 4.87. The topological polar surface area (TPSA) is 118 Å². The van der Waals surface area contributed by atoms with Crippen molar-refractivity contribution in [2.75, 3.05) is 5.43 Å². The van der Waals surface area contributed by atoms with Gasteiger partial charge < -0.3 is 5.43 Å². The third-order valence-electron chi connectivity index (χ3n) is 2.64. The van der Waals surface area contributed by atoms with Crippen LogP contribution in [0.15, 0.2) is 62.8 Å². The molecule has 0 aliphatic carbocycles. The van der Waals surface area contributed by atoms with Crippen LogP contribution in [0, 0.1) is 0 Å². The summed E-state index contributed by atoms with van der Waals surface area (Å²) in [5.41, 5.74) is 2.86. The molecule has 2 aromatic rings. The van der Waals surface area contributed by atoms with E-state index in [0.29, 0.717) is 5.69 Å². The van der Waals surface area contributed by atoms with Gasteiger partial charge in [-0.3, -0.25) is 0 Å². The van der Waals surface area contributed by atoms with Crippen LogP contribution in [0.5, 0.6) is 0 Å². The van der Waals surface area contributed by atoms with Crippen LogP contribution in [0.3, 0.4) is 0 Å². The zero-order chi connectivity index (χ0) is 16.4. The standard InChI is InChI=1S/C12H12BrN3O4S2/c13-9-1-5-12(6-2-9)22(19,20)16-15-10-3-7-11(8-4-10)21(14,17)18/h1-8,15-16H,(H2,14,17,18). The molecule has 0 amide bonds. The van der Waals surface area contributed by atoms with Crippen LogP contribution >= 0.6 is 15.9 Å². The number of halogens is 1. The second-order valence-electron chi connectivity index (χ2n) is 4.25. The molecule has 2 rings (SSSR count). The van der Waals surface area contributed by atoms with Crippen molar-refractivity contribution in [3.63, 3.8) is 0 Å². The first-order valence-electron chi connectivity index (χ1n) is 5.85. The molecule has 10 heteroatoms.